The van der Waals surface area contributed by atoms with Crippen LogP contribution in [0.3, 0.4) is 0 Å². The average molecular weight is 547 g/mol. The summed E-state index contributed by atoms with van der Waals surface area (Å²) in [7, 11) is 1.68. The van der Waals surface area contributed by atoms with Gasteiger partial charge in [0, 0.05) is 29.6 Å². The fourth-order valence-corrected chi connectivity index (χ4v) is 6.84. The van der Waals surface area contributed by atoms with Crippen molar-refractivity contribution >= 4 is 29.4 Å². The van der Waals surface area contributed by atoms with Gasteiger partial charge in [-0.3, -0.25) is 14.5 Å². The third-order valence-corrected chi connectivity index (χ3v) is 8.79. The van der Waals surface area contributed by atoms with Gasteiger partial charge in [0.25, 0.3) is 0 Å². The number of benzene rings is 2. The first kappa shape index (κ1) is 27.3. The van der Waals surface area contributed by atoms with Gasteiger partial charge >= 0.3 is 0 Å². The molecule has 2 aliphatic rings. The first-order valence-corrected chi connectivity index (χ1v) is 14.7. The number of rotatable bonds is 5. The molecule has 2 aliphatic heterocycles. The molecule has 0 N–H and O–H groups in total. The molecule has 8 heteroatoms. The fourth-order valence-electron chi connectivity index (χ4n) is 5.61. The molecule has 206 valence electrons. The Balaban J connectivity index is 1.79. The Kier molecular flexibility index (Phi) is 7.51. The summed E-state index contributed by atoms with van der Waals surface area (Å²) in [5.41, 5.74) is 5.69. The maximum Gasteiger partial charge on any atom is 0.242 e. The van der Waals surface area contributed by atoms with Crippen LogP contribution in [0.2, 0.25) is 0 Å². The molecule has 1 fully saturated rings. The number of aryl methyl sites for hydroxylation is 2. The van der Waals surface area contributed by atoms with Crippen LogP contribution in [-0.4, -0.2) is 59.0 Å². The summed E-state index contributed by atoms with van der Waals surface area (Å²) in [4.78, 5) is 30.9. The summed E-state index contributed by atoms with van der Waals surface area (Å²) >= 11 is 1.58. The molecule has 39 heavy (non-hydrogen) atoms. The summed E-state index contributed by atoms with van der Waals surface area (Å²) in [5, 5.41) is 5.04. The van der Waals surface area contributed by atoms with Crippen LogP contribution in [0.1, 0.15) is 66.8 Å². The lowest BCUT2D eigenvalue weighted by atomic mass is 9.87. The van der Waals surface area contributed by atoms with E-state index >= 15 is 0 Å². The largest absolute Gasteiger partial charge is 0.496 e. The van der Waals surface area contributed by atoms with Gasteiger partial charge in [-0.25, -0.2) is 4.68 Å². The van der Waals surface area contributed by atoms with E-state index in [-0.39, 0.29) is 34.8 Å². The van der Waals surface area contributed by atoms with E-state index in [1.165, 1.54) is 0 Å². The van der Waals surface area contributed by atoms with Crippen LogP contribution < -0.4 is 9.64 Å². The summed E-state index contributed by atoms with van der Waals surface area (Å²) in [6.07, 6.45) is 2.01. The number of hydrogen-bond acceptors (Lipinski definition) is 5. The molecule has 5 rings (SSSR count). The highest BCUT2D eigenvalue weighted by molar-refractivity contribution is 8.00. The molecule has 3 aromatic rings. The van der Waals surface area contributed by atoms with Crippen LogP contribution in [0.15, 0.2) is 42.5 Å². The number of methoxy groups -OCH3 is 1. The minimum absolute atomic E-state index is 0.00518. The van der Waals surface area contributed by atoms with E-state index in [0.29, 0.717) is 5.82 Å². The normalized spacial score (nSPS) is 17.8. The standard InChI is InChI=1S/C31H38N4O3S/c1-20-13-14-23(21(2)17-20)35-30-27(29(32-35)31(3,4)5)28(22-11-7-8-12-24(22)38-6)39-19-26(37)34(30)18-25(36)33-15-9-10-16-33/h7-8,11-14,17,28H,9-10,15-16,18-19H2,1-6H3/t28-/m0/s1. The summed E-state index contributed by atoms with van der Waals surface area (Å²) in [6.45, 7) is 12.1. The van der Waals surface area contributed by atoms with Crippen molar-refractivity contribution in [2.45, 2.75) is 58.1 Å². The summed E-state index contributed by atoms with van der Waals surface area (Å²) in [6, 6.07) is 14.2. The molecule has 0 bridgehead atoms. The maximum absolute atomic E-state index is 13.9. The first-order valence-electron chi connectivity index (χ1n) is 13.6. The highest BCUT2D eigenvalue weighted by Gasteiger charge is 2.41. The molecule has 0 saturated carbocycles. The van der Waals surface area contributed by atoms with Crippen molar-refractivity contribution in [3.63, 3.8) is 0 Å². The van der Waals surface area contributed by atoms with Crippen molar-refractivity contribution in [1.82, 2.24) is 14.7 Å². The topological polar surface area (TPSA) is 67.7 Å². The number of likely N-dealkylation sites (tertiary alicyclic amines) is 1. The fraction of sp³-hybridized carbons (Fsp3) is 0.452. The molecule has 3 heterocycles. The number of carbonyl (C=O) groups is 2. The van der Waals surface area contributed by atoms with Gasteiger partial charge in [0.15, 0.2) is 0 Å². The van der Waals surface area contributed by atoms with Crippen LogP contribution in [0, 0.1) is 13.8 Å². The summed E-state index contributed by atoms with van der Waals surface area (Å²) < 4.78 is 7.70. The monoisotopic (exact) mass is 546 g/mol. The second kappa shape index (κ2) is 10.7. The van der Waals surface area contributed by atoms with Gasteiger partial charge in [0.1, 0.15) is 18.1 Å². The Hall–Kier alpha value is -3.26. The van der Waals surface area contributed by atoms with Crippen molar-refractivity contribution in [3.05, 3.63) is 70.4 Å². The number of amides is 2. The molecule has 7 nitrogen and oxygen atoms in total. The zero-order valence-corrected chi connectivity index (χ0v) is 24.6. The SMILES string of the molecule is COc1ccccc1[C@@H]1SCC(=O)N(CC(=O)N2CCCC2)c2c1c(C(C)(C)C)nn2-c1ccc(C)cc1C. The second-order valence-corrected chi connectivity index (χ2v) is 12.6. The molecule has 1 atom stereocenters. The highest BCUT2D eigenvalue weighted by atomic mass is 32.2. The van der Waals surface area contributed by atoms with Crippen LogP contribution >= 0.6 is 11.8 Å². The van der Waals surface area contributed by atoms with E-state index in [1.807, 2.05) is 27.8 Å². The number of thioether (sulfide) groups is 1. The smallest absolute Gasteiger partial charge is 0.242 e. The van der Waals surface area contributed by atoms with Gasteiger partial charge in [0.05, 0.1) is 29.5 Å². The Morgan fingerprint density at radius 3 is 2.49 bits per heavy atom. The number of aromatic nitrogens is 2. The van der Waals surface area contributed by atoms with E-state index < -0.39 is 0 Å². The minimum Gasteiger partial charge on any atom is -0.496 e. The lowest BCUT2D eigenvalue weighted by Gasteiger charge is -2.26. The first-order chi connectivity index (χ1) is 18.6. The Bertz CT molecular complexity index is 1400. The van der Waals surface area contributed by atoms with Crippen LogP contribution in [-0.2, 0) is 15.0 Å². The molecule has 0 unspecified atom stereocenters. The molecule has 2 amide bonds. The van der Waals surface area contributed by atoms with Crippen molar-refractivity contribution in [3.8, 4) is 11.4 Å². The lowest BCUT2D eigenvalue weighted by Crippen LogP contribution is -2.43. The van der Waals surface area contributed by atoms with Crippen LogP contribution in [0.4, 0.5) is 5.82 Å². The molecule has 1 aromatic heterocycles. The predicted molar refractivity (Wildman–Crippen MR) is 157 cm³/mol. The lowest BCUT2D eigenvalue weighted by molar-refractivity contribution is -0.130. The molecular formula is C31H38N4O3S. The maximum atomic E-state index is 13.9. The van der Waals surface area contributed by atoms with Crippen molar-refractivity contribution in [2.75, 3.05) is 37.4 Å². The third kappa shape index (κ3) is 5.19. The third-order valence-electron chi connectivity index (χ3n) is 7.55. The second-order valence-electron chi connectivity index (χ2n) is 11.5. The average Bonchev–Trinajstić information content (AvgIpc) is 3.54. The zero-order valence-electron chi connectivity index (χ0n) is 23.8. The zero-order chi connectivity index (χ0) is 27.9. The Morgan fingerprint density at radius 2 is 1.82 bits per heavy atom. The van der Waals surface area contributed by atoms with Gasteiger partial charge in [-0.05, 0) is 44.4 Å². The van der Waals surface area contributed by atoms with E-state index in [0.717, 1.165) is 65.3 Å². The van der Waals surface area contributed by atoms with E-state index in [2.05, 4.69) is 58.9 Å². The van der Waals surface area contributed by atoms with Crippen molar-refractivity contribution < 1.29 is 14.3 Å². The highest BCUT2D eigenvalue weighted by Crippen LogP contribution is 2.50. The number of ether oxygens (including phenoxy) is 1. The van der Waals surface area contributed by atoms with Crippen LogP contribution in [0.5, 0.6) is 5.75 Å². The number of nitrogens with zero attached hydrogens (tertiary/aromatic N) is 4. The van der Waals surface area contributed by atoms with Gasteiger partial charge < -0.3 is 9.64 Å². The van der Waals surface area contributed by atoms with Gasteiger partial charge in [0.2, 0.25) is 11.8 Å². The Morgan fingerprint density at radius 1 is 1.10 bits per heavy atom. The molecule has 0 aliphatic carbocycles. The molecule has 1 saturated heterocycles. The van der Waals surface area contributed by atoms with E-state index in [1.54, 1.807) is 23.8 Å². The number of fused-ring (bicyclic) bond motifs is 1. The quantitative estimate of drug-likeness (QED) is 0.418. The van der Waals surface area contributed by atoms with Gasteiger partial charge in [-0.1, -0.05) is 56.7 Å². The van der Waals surface area contributed by atoms with E-state index in [9.17, 15) is 9.59 Å². The molecule has 2 aromatic carbocycles. The van der Waals surface area contributed by atoms with Gasteiger partial charge in [-0.15, -0.1) is 11.8 Å². The number of para-hydroxylation sites is 1. The van der Waals surface area contributed by atoms with Gasteiger partial charge in [-0.2, -0.15) is 5.10 Å². The molecule has 0 spiro atoms. The summed E-state index contributed by atoms with van der Waals surface area (Å²) in [5.74, 6) is 1.61. The Labute approximate surface area is 235 Å². The van der Waals surface area contributed by atoms with E-state index in [4.69, 9.17) is 9.84 Å². The number of hydrogen-bond donors (Lipinski definition) is 0. The molecule has 0 radical (unpaired) electrons. The van der Waals surface area contributed by atoms with Crippen molar-refractivity contribution in [2.24, 2.45) is 0 Å². The number of anilines is 1. The predicted octanol–water partition coefficient (Wildman–Crippen LogP) is 5.59. The van der Waals surface area contributed by atoms with Crippen molar-refractivity contribution in [1.29, 1.82) is 0 Å². The van der Waals surface area contributed by atoms with Crippen LogP contribution in [0.25, 0.3) is 5.69 Å². The number of carbonyl (C=O) groups excluding carboxylic acids is 2. The minimum atomic E-state index is -0.313. The molecular weight excluding hydrogens is 508 g/mol.